The van der Waals surface area contributed by atoms with Gasteiger partial charge in [-0.05, 0) is 44.0 Å². The van der Waals surface area contributed by atoms with Crippen LogP contribution in [0.5, 0.6) is 0 Å². The number of nitrogens with zero attached hydrogens (tertiary/aromatic N) is 4. The van der Waals surface area contributed by atoms with Crippen molar-refractivity contribution in [3.63, 3.8) is 0 Å². The van der Waals surface area contributed by atoms with Crippen LogP contribution in [0.15, 0.2) is 30.7 Å². The number of nitrogens with one attached hydrogen (secondary N) is 1. The number of likely N-dealkylation sites (tertiary alicyclic amines) is 1. The van der Waals surface area contributed by atoms with Crippen LogP contribution >= 0.6 is 0 Å². The molecule has 128 valence electrons. The van der Waals surface area contributed by atoms with Gasteiger partial charge in [0.1, 0.15) is 5.82 Å². The maximum atomic E-state index is 5.76. The first-order chi connectivity index (χ1) is 11.8. The first-order valence-corrected chi connectivity index (χ1v) is 8.77. The highest BCUT2D eigenvalue weighted by Gasteiger charge is 2.22. The van der Waals surface area contributed by atoms with Crippen LogP contribution in [-0.4, -0.2) is 39.5 Å². The molecule has 6 heteroatoms. The van der Waals surface area contributed by atoms with E-state index in [1.165, 1.54) is 24.8 Å². The zero-order valence-corrected chi connectivity index (χ0v) is 14.3. The lowest BCUT2D eigenvalue weighted by Crippen LogP contribution is -2.37. The third-order valence-electron chi connectivity index (χ3n) is 4.63. The van der Waals surface area contributed by atoms with Crippen LogP contribution in [0.2, 0.25) is 0 Å². The normalized spacial score (nSPS) is 16.7. The van der Waals surface area contributed by atoms with Gasteiger partial charge in [0.15, 0.2) is 0 Å². The smallest absolute Gasteiger partial charge is 0.221 e. The minimum Gasteiger partial charge on any atom is -0.368 e. The van der Waals surface area contributed by atoms with Crippen LogP contribution in [0, 0.1) is 0 Å². The highest BCUT2D eigenvalue weighted by molar-refractivity contribution is 5.46. The minimum atomic E-state index is 0.292. The highest BCUT2D eigenvalue weighted by Crippen LogP contribution is 2.25. The molecule has 1 fully saturated rings. The Kier molecular flexibility index (Phi) is 5.59. The zero-order chi connectivity index (χ0) is 16.8. The van der Waals surface area contributed by atoms with Gasteiger partial charge in [-0.3, -0.25) is 9.88 Å². The van der Waals surface area contributed by atoms with Gasteiger partial charge in [-0.15, -0.1) is 0 Å². The summed E-state index contributed by atoms with van der Waals surface area (Å²) in [6, 6.07) is 4.45. The Morgan fingerprint density at radius 1 is 1.25 bits per heavy atom. The fourth-order valence-corrected chi connectivity index (χ4v) is 3.29. The van der Waals surface area contributed by atoms with Crippen LogP contribution < -0.4 is 11.1 Å². The molecular formula is C18H26N6. The van der Waals surface area contributed by atoms with E-state index in [4.69, 9.17) is 5.73 Å². The number of nitrogen functional groups attached to an aromatic ring is 1. The maximum absolute atomic E-state index is 5.76. The summed E-state index contributed by atoms with van der Waals surface area (Å²) in [5.41, 5.74) is 8.09. The van der Waals surface area contributed by atoms with Gasteiger partial charge in [0, 0.05) is 30.7 Å². The molecule has 1 aliphatic rings. The third kappa shape index (κ3) is 4.00. The molecule has 3 N–H and O–H groups in total. The first-order valence-electron chi connectivity index (χ1n) is 8.77. The van der Waals surface area contributed by atoms with Crippen LogP contribution in [0.3, 0.4) is 0 Å². The molecule has 3 rings (SSSR count). The van der Waals surface area contributed by atoms with Gasteiger partial charge in [0.25, 0.3) is 0 Å². The molecule has 24 heavy (non-hydrogen) atoms. The molecule has 6 nitrogen and oxygen atoms in total. The topological polar surface area (TPSA) is 80.0 Å². The van der Waals surface area contributed by atoms with Gasteiger partial charge in [-0.25, -0.2) is 4.98 Å². The molecule has 2 aromatic rings. The number of anilines is 2. The van der Waals surface area contributed by atoms with Crippen molar-refractivity contribution in [2.75, 3.05) is 30.7 Å². The quantitative estimate of drug-likeness (QED) is 0.849. The van der Waals surface area contributed by atoms with Crippen LogP contribution in [-0.2, 0) is 6.42 Å². The number of nitrogens with two attached hydrogens (primary N) is 1. The molecule has 2 aromatic heterocycles. The van der Waals surface area contributed by atoms with Crippen LogP contribution in [0.1, 0.15) is 43.4 Å². The Morgan fingerprint density at radius 2 is 2.08 bits per heavy atom. The summed E-state index contributed by atoms with van der Waals surface area (Å²) < 4.78 is 0. The van der Waals surface area contributed by atoms with Gasteiger partial charge in [0.05, 0.1) is 6.04 Å². The van der Waals surface area contributed by atoms with E-state index in [2.05, 4.69) is 38.2 Å². The zero-order valence-electron chi connectivity index (χ0n) is 14.3. The van der Waals surface area contributed by atoms with Gasteiger partial charge < -0.3 is 11.1 Å². The van der Waals surface area contributed by atoms with E-state index in [-0.39, 0.29) is 0 Å². The molecule has 0 amide bonds. The summed E-state index contributed by atoms with van der Waals surface area (Å²) in [5.74, 6) is 1.15. The fraction of sp³-hybridized carbons (Fsp3) is 0.500. The summed E-state index contributed by atoms with van der Waals surface area (Å²) in [6.45, 7) is 5.15. The van der Waals surface area contributed by atoms with Crippen molar-refractivity contribution < 1.29 is 0 Å². The summed E-state index contributed by atoms with van der Waals surface area (Å²) in [5, 5.41) is 3.50. The second-order valence-corrected chi connectivity index (χ2v) is 6.24. The first kappa shape index (κ1) is 16.6. The van der Waals surface area contributed by atoms with Gasteiger partial charge in [0.2, 0.25) is 5.95 Å². The second-order valence-electron chi connectivity index (χ2n) is 6.24. The summed E-state index contributed by atoms with van der Waals surface area (Å²) in [6.07, 6.45) is 10.3. The Labute approximate surface area is 143 Å². The fourth-order valence-electron chi connectivity index (χ4n) is 3.29. The minimum absolute atomic E-state index is 0.292. The summed E-state index contributed by atoms with van der Waals surface area (Å²) >= 11 is 0. The van der Waals surface area contributed by atoms with E-state index in [1.807, 2.05) is 24.7 Å². The molecular weight excluding hydrogens is 300 g/mol. The molecule has 0 radical (unpaired) electrons. The predicted molar refractivity (Wildman–Crippen MR) is 96.7 cm³/mol. The number of pyridine rings is 1. The monoisotopic (exact) mass is 326 g/mol. The van der Waals surface area contributed by atoms with Crippen molar-refractivity contribution in [1.82, 2.24) is 19.9 Å². The Bertz CT molecular complexity index is 639. The Morgan fingerprint density at radius 3 is 2.79 bits per heavy atom. The van der Waals surface area contributed by atoms with Gasteiger partial charge >= 0.3 is 0 Å². The van der Waals surface area contributed by atoms with Crippen molar-refractivity contribution in [2.45, 2.75) is 38.6 Å². The number of hydrogen-bond acceptors (Lipinski definition) is 6. The van der Waals surface area contributed by atoms with E-state index < -0.39 is 0 Å². The van der Waals surface area contributed by atoms with Crippen molar-refractivity contribution in [3.8, 4) is 0 Å². The molecule has 1 atom stereocenters. The second kappa shape index (κ2) is 8.06. The number of rotatable bonds is 6. The average molecular weight is 326 g/mol. The molecule has 1 aliphatic heterocycles. The van der Waals surface area contributed by atoms with Gasteiger partial charge in [-0.2, -0.15) is 4.98 Å². The largest absolute Gasteiger partial charge is 0.368 e. The molecule has 0 saturated carbocycles. The van der Waals surface area contributed by atoms with Gasteiger partial charge in [-0.1, -0.05) is 19.4 Å². The van der Waals surface area contributed by atoms with E-state index in [0.29, 0.717) is 12.0 Å². The third-order valence-corrected chi connectivity index (χ3v) is 4.63. The molecule has 0 aromatic carbocycles. The van der Waals surface area contributed by atoms with Crippen molar-refractivity contribution >= 4 is 11.8 Å². The summed E-state index contributed by atoms with van der Waals surface area (Å²) in [4.78, 5) is 15.3. The van der Waals surface area contributed by atoms with Crippen molar-refractivity contribution in [2.24, 2.45) is 0 Å². The average Bonchev–Trinajstić information content (AvgIpc) is 2.64. The lowest BCUT2D eigenvalue weighted by Gasteiger charge is -2.35. The van der Waals surface area contributed by atoms with Crippen molar-refractivity contribution in [3.05, 3.63) is 41.9 Å². The Balaban J connectivity index is 1.78. The van der Waals surface area contributed by atoms with Crippen LogP contribution in [0.4, 0.5) is 11.8 Å². The SMILES string of the molecule is CCc1cnc(N)nc1NC[C@H](c1cccnc1)N1CCCCC1. The maximum Gasteiger partial charge on any atom is 0.221 e. The number of hydrogen-bond donors (Lipinski definition) is 2. The lowest BCUT2D eigenvalue weighted by atomic mass is 10.0. The molecule has 1 saturated heterocycles. The Hall–Kier alpha value is -2.21. The number of aryl methyl sites for hydroxylation is 1. The van der Waals surface area contributed by atoms with Crippen molar-refractivity contribution in [1.29, 1.82) is 0 Å². The molecule has 3 heterocycles. The standard InChI is InChI=1S/C18H26N6/c1-2-14-12-22-18(19)23-17(14)21-13-16(15-7-6-8-20-11-15)24-9-4-3-5-10-24/h6-8,11-12,16H,2-5,9-10,13H2,1H3,(H3,19,21,22,23)/t16-/m1/s1. The molecule has 0 unspecified atom stereocenters. The highest BCUT2D eigenvalue weighted by atomic mass is 15.2. The van der Waals surface area contributed by atoms with E-state index in [9.17, 15) is 0 Å². The molecule has 0 bridgehead atoms. The molecule has 0 spiro atoms. The summed E-state index contributed by atoms with van der Waals surface area (Å²) in [7, 11) is 0. The van der Waals surface area contributed by atoms with E-state index in [0.717, 1.165) is 37.4 Å². The number of aromatic nitrogens is 3. The number of piperidine rings is 1. The lowest BCUT2D eigenvalue weighted by molar-refractivity contribution is 0.170. The van der Waals surface area contributed by atoms with E-state index >= 15 is 0 Å². The molecule has 0 aliphatic carbocycles. The van der Waals surface area contributed by atoms with E-state index in [1.54, 1.807) is 0 Å². The predicted octanol–water partition coefficient (Wildman–Crippen LogP) is 2.66. The van der Waals surface area contributed by atoms with Crippen LogP contribution in [0.25, 0.3) is 0 Å².